The van der Waals surface area contributed by atoms with Gasteiger partial charge in [-0.3, -0.25) is 9.69 Å². The van der Waals surface area contributed by atoms with Crippen molar-refractivity contribution in [3.05, 3.63) is 29.3 Å². The Balaban J connectivity index is 2.03. The predicted octanol–water partition coefficient (Wildman–Crippen LogP) is 0.900. The van der Waals surface area contributed by atoms with E-state index < -0.39 is 0 Å². The quantitative estimate of drug-likeness (QED) is 0.743. The van der Waals surface area contributed by atoms with Crippen LogP contribution in [0, 0.1) is 5.92 Å². The van der Waals surface area contributed by atoms with Gasteiger partial charge in [0.2, 0.25) is 5.91 Å². The fourth-order valence-corrected chi connectivity index (χ4v) is 3.19. The lowest BCUT2D eigenvalue weighted by Gasteiger charge is -2.17. The van der Waals surface area contributed by atoms with Gasteiger partial charge in [0.15, 0.2) is 0 Å². The molecule has 1 aromatic rings. The number of ether oxygens (including phenoxy) is 2. The van der Waals surface area contributed by atoms with Gasteiger partial charge in [-0.25, -0.2) is 0 Å². The third kappa shape index (κ3) is 4.67. The van der Waals surface area contributed by atoms with Crippen molar-refractivity contribution in [1.29, 1.82) is 0 Å². The Morgan fingerprint density at radius 2 is 2.22 bits per heavy atom. The van der Waals surface area contributed by atoms with Crippen molar-refractivity contribution in [2.45, 2.75) is 32.6 Å². The van der Waals surface area contributed by atoms with Gasteiger partial charge in [-0.2, -0.15) is 0 Å². The van der Waals surface area contributed by atoms with Crippen LogP contribution < -0.4 is 10.5 Å². The van der Waals surface area contributed by atoms with Gasteiger partial charge >= 0.3 is 0 Å². The maximum atomic E-state index is 11.2. The number of hydrogen-bond donors (Lipinski definition) is 2. The largest absolute Gasteiger partial charge is 0.494 e. The molecule has 3 N–H and O–H groups in total. The number of benzene rings is 1. The lowest BCUT2D eigenvalue weighted by atomic mass is 10.0. The Hall–Kier alpha value is -1.63. The number of carbonyl (C=O) groups excluding carboxylic acids is 1. The summed E-state index contributed by atoms with van der Waals surface area (Å²) in [5.41, 5.74) is 7.21. The average Bonchev–Trinajstić information content (AvgIpc) is 2.89. The number of amides is 1. The van der Waals surface area contributed by atoms with E-state index in [2.05, 4.69) is 4.90 Å². The maximum Gasteiger partial charge on any atom is 0.217 e. The van der Waals surface area contributed by atoms with E-state index in [4.69, 9.17) is 15.2 Å². The molecule has 6 heteroatoms. The van der Waals surface area contributed by atoms with E-state index >= 15 is 0 Å². The zero-order valence-corrected chi connectivity index (χ0v) is 13.8. The predicted molar refractivity (Wildman–Crippen MR) is 86.9 cm³/mol. The first-order valence-corrected chi connectivity index (χ1v) is 7.96. The smallest absolute Gasteiger partial charge is 0.217 e. The molecule has 1 aliphatic rings. The van der Waals surface area contributed by atoms with E-state index in [0.717, 1.165) is 36.5 Å². The summed E-state index contributed by atoms with van der Waals surface area (Å²) in [6.45, 7) is 4.74. The zero-order valence-electron chi connectivity index (χ0n) is 13.8. The highest BCUT2D eigenvalue weighted by atomic mass is 16.5. The molecule has 2 rings (SSSR count). The molecule has 1 aliphatic heterocycles. The van der Waals surface area contributed by atoms with Crippen molar-refractivity contribution in [2.75, 3.05) is 26.8 Å². The second-order valence-corrected chi connectivity index (χ2v) is 5.93. The molecule has 2 atom stereocenters. The van der Waals surface area contributed by atoms with Crippen LogP contribution in [0.25, 0.3) is 0 Å². The molecule has 1 saturated heterocycles. The summed E-state index contributed by atoms with van der Waals surface area (Å²) in [5, 5.41) is 9.49. The lowest BCUT2D eigenvalue weighted by Crippen LogP contribution is -2.26. The molecule has 6 nitrogen and oxygen atoms in total. The summed E-state index contributed by atoms with van der Waals surface area (Å²) in [7, 11) is 1.67. The number of aliphatic hydroxyl groups excluding tert-OH is 1. The van der Waals surface area contributed by atoms with Gasteiger partial charge < -0.3 is 20.3 Å². The molecule has 1 amide bonds. The molecular weight excluding hydrogens is 296 g/mol. The van der Waals surface area contributed by atoms with E-state index in [0.29, 0.717) is 13.0 Å². The minimum Gasteiger partial charge on any atom is -0.494 e. The van der Waals surface area contributed by atoms with E-state index in [9.17, 15) is 9.90 Å². The Morgan fingerprint density at radius 3 is 2.83 bits per heavy atom. The second kappa shape index (κ2) is 8.29. The van der Waals surface area contributed by atoms with E-state index in [1.165, 1.54) is 0 Å². The van der Waals surface area contributed by atoms with Crippen molar-refractivity contribution < 1.29 is 19.4 Å². The molecule has 128 valence electrons. The maximum absolute atomic E-state index is 11.2. The number of methoxy groups -OCH3 is 1. The fourth-order valence-electron chi connectivity index (χ4n) is 3.19. The summed E-state index contributed by atoms with van der Waals surface area (Å²) >= 11 is 0. The third-order valence-corrected chi connectivity index (χ3v) is 4.22. The molecule has 0 aliphatic carbocycles. The van der Waals surface area contributed by atoms with Crippen molar-refractivity contribution >= 4 is 5.91 Å². The Labute approximate surface area is 137 Å². The van der Waals surface area contributed by atoms with Crippen LogP contribution in [0.3, 0.4) is 0 Å². The van der Waals surface area contributed by atoms with E-state index in [1.54, 1.807) is 7.11 Å². The minimum absolute atomic E-state index is 0.0301. The highest BCUT2D eigenvalue weighted by Gasteiger charge is 2.33. The standard InChI is InChI=1S/C17H26N2O4/c1-3-23-15-5-4-12(6-14(15)11-20)8-19-9-13(7-17(18)21)16(10-19)22-2/h4-6,13,16,20H,3,7-11H2,1-2H3,(H2,18,21)/t13-,16-/m0/s1. The highest BCUT2D eigenvalue weighted by Crippen LogP contribution is 2.26. The van der Waals surface area contributed by atoms with Gasteiger partial charge in [0.25, 0.3) is 0 Å². The number of primary amides is 1. The molecule has 0 unspecified atom stereocenters. The van der Waals surface area contributed by atoms with Gasteiger partial charge in [0.1, 0.15) is 5.75 Å². The second-order valence-electron chi connectivity index (χ2n) is 5.93. The van der Waals surface area contributed by atoms with Gasteiger partial charge in [0, 0.05) is 44.6 Å². The van der Waals surface area contributed by atoms with Crippen LogP contribution in [-0.4, -0.2) is 48.8 Å². The summed E-state index contributed by atoms with van der Waals surface area (Å²) < 4.78 is 11.0. The first-order chi connectivity index (χ1) is 11.1. The van der Waals surface area contributed by atoms with Crippen LogP contribution in [0.1, 0.15) is 24.5 Å². The molecule has 0 bridgehead atoms. The molecule has 0 aromatic heterocycles. The lowest BCUT2D eigenvalue weighted by molar-refractivity contribution is -0.119. The average molecular weight is 322 g/mol. The third-order valence-electron chi connectivity index (χ3n) is 4.22. The van der Waals surface area contributed by atoms with Gasteiger partial charge in [-0.1, -0.05) is 6.07 Å². The van der Waals surface area contributed by atoms with Crippen LogP contribution in [0.2, 0.25) is 0 Å². The molecule has 0 spiro atoms. The van der Waals surface area contributed by atoms with Crippen molar-refractivity contribution in [3.8, 4) is 5.75 Å². The first kappa shape index (κ1) is 17.7. The van der Waals surface area contributed by atoms with Crippen LogP contribution in [0.15, 0.2) is 18.2 Å². The SMILES string of the molecule is CCOc1ccc(CN2C[C@H](CC(N)=O)[C@@H](OC)C2)cc1CO. The minimum atomic E-state index is -0.289. The Morgan fingerprint density at radius 1 is 1.43 bits per heavy atom. The summed E-state index contributed by atoms with van der Waals surface area (Å²) in [4.78, 5) is 13.4. The normalized spacial score (nSPS) is 21.5. The van der Waals surface area contributed by atoms with Gasteiger partial charge in [-0.05, 0) is 24.6 Å². The number of hydrogen-bond acceptors (Lipinski definition) is 5. The van der Waals surface area contributed by atoms with Crippen molar-refractivity contribution in [2.24, 2.45) is 11.7 Å². The number of likely N-dealkylation sites (tertiary alicyclic amines) is 1. The zero-order chi connectivity index (χ0) is 16.8. The van der Waals surface area contributed by atoms with E-state index in [-0.39, 0.29) is 24.5 Å². The van der Waals surface area contributed by atoms with E-state index in [1.807, 2.05) is 25.1 Å². The molecular formula is C17H26N2O4. The summed E-state index contributed by atoms with van der Waals surface area (Å²) in [6, 6.07) is 5.87. The molecule has 1 heterocycles. The number of nitrogens with zero attached hydrogens (tertiary/aromatic N) is 1. The Kier molecular flexibility index (Phi) is 6.38. The van der Waals surface area contributed by atoms with Crippen molar-refractivity contribution in [3.63, 3.8) is 0 Å². The number of aliphatic hydroxyl groups is 1. The number of rotatable bonds is 8. The topological polar surface area (TPSA) is 85.0 Å². The van der Waals surface area contributed by atoms with Crippen molar-refractivity contribution in [1.82, 2.24) is 4.90 Å². The molecule has 0 saturated carbocycles. The summed E-state index contributed by atoms with van der Waals surface area (Å²) in [6.07, 6.45) is 0.377. The summed E-state index contributed by atoms with van der Waals surface area (Å²) in [5.74, 6) is 0.571. The first-order valence-electron chi connectivity index (χ1n) is 7.96. The van der Waals surface area contributed by atoms with Crippen LogP contribution >= 0.6 is 0 Å². The van der Waals surface area contributed by atoms with Gasteiger partial charge in [0.05, 0.1) is 19.3 Å². The van der Waals surface area contributed by atoms with Gasteiger partial charge in [-0.15, -0.1) is 0 Å². The van der Waals surface area contributed by atoms with Crippen LogP contribution in [-0.2, 0) is 22.7 Å². The van der Waals surface area contributed by atoms with Crippen LogP contribution in [0.5, 0.6) is 5.75 Å². The monoisotopic (exact) mass is 322 g/mol. The Bertz CT molecular complexity index is 535. The number of nitrogens with two attached hydrogens (primary N) is 1. The molecule has 1 fully saturated rings. The molecule has 0 radical (unpaired) electrons. The van der Waals surface area contributed by atoms with Crippen LogP contribution in [0.4, 0.5) is 0 Å². The molecule has 1 aromatic carbocycles. The number of carbonyl (C=O) groups is 1. The highest BCUT2D eigenvalue weighted by molar-refractivity contribution is 5.74. The fraction of sp³-hybridized carbons (Fsp3) is 0.588. The molecule has 23 heavy (non-hydrogen) atoms.